The number of nitrogens with one attached hydrogen (secondary N) is 1. The van der Waals surface area contributed by atoms with Crippen LogP contribution in [-0.2, 0) is 0 Å². The molecule has 2 fully saturated rings. The highest BCUT2D eigenvalue weighted by atomic mass is 16.3. The highest BCUT2D eigenvalue weighted by molar-refractivity contribution is 4.85. The highest BCUT2D eigenvalue weighted by Gasteiger charge is 2.27. The Balaban J connectivity index is 1.65. The number of nitrogens with zero attached hydrogens (tertiary/aromatic N) is 1. The molecule has 0 unspecified atom stereocenters. The van der Waals surface area contributed by atoms with Gasteiger partial charge in [-0.1, -0.05) is 26.7 Å². The SMILES string of the molecule is CC(C)(CCO)CNC1CCN(C2CCCC2)CC1. The quantitative estimate of drug-likeness (QED) is 0.776. The second-order valence-electron chi connectivity index (χ2n) is 7.27. The first-order chi connectivity index (χ1) is 9.11. The van der Waals surface area contributed by atoms with Gasteiger partial charge in [0.05, 0.1) is 0 Å². The fourth-order valence-corrected chi connectivity index (χ4v) is 3.55. The van der Waals surface area contributed by atoms with E-state index in [1.807, 2.05) is 0 Å². The van der Waals surface area contributed by atoms with Crippen molar-refractivity contribution in [2.75, 3.05) is 26.2 Å². The fourth-order valence-electron chi connectivity index (χ4n) is 3.55. The molecule has 3 nitrogen and oxygen atoms in total. The number of likely N-dealkylation sites (tertiary alicyclic amines) is 1. The van der Waals surface area contributed by atoms with Gasteiger partial charge in [-0.15, -0.1) is 0 Å². The van der Waals surface area contributed by atoms with Crippen molar-refractivity contribution in [2.24, 2.45) is 5.41 Å². The molecule has 2 aliphatic rings. The Kier molecular flexibility index (Phi) is 5.67. The van der Waals surface area contributed by atoms with E-state index in [-0.39, 0.29) is 5.41 Å². The van der Waals surface area contributed by atoms with Crippen LogP contribution in [0.15, 0.2) is 0 Å². The third-order valence-corrected chi connectivity index (χ3v) is 5.03. The van der Waals surface area contributed by atoms with E-state index >= 15 is 0 Å². The van der Waals surface area contributed by atoms with Gasteiger partial charge >= 0.3 is 0 Å². The number of hydrogen-bond acceptors (Lipinski definition) is 3. The summed E-state index contributed by atoms with van der Waals surface area (Å²) < 4.78 is 0. The molecule has 112 valence electrons. The highest BCUT2D eigenvalue weighted by Crippen LogP contribution is 2.26. The Morgan fingerprint density at radius 1 is 1.11 bits per heavy atom. The maximum atomic E-state index is 9.06. The van der Waals surface area contributed by atoms with E-state index in [2.05, 4.69) is 24.1 Å². The molecule has 2 N–H and O–H groups in total. The van der Waals surface area contributed by atoms with Crippen LogP contribution >= 0.6 is 0 Å². The predicted molar refractivity (Wildman–Crippen MR) is 80.3 cm³/mol. The van der Waals surface area contributed by atoms with Crippen LogP contribution in [0.3, 0.4) is 0 Å². The van der Waals surface area contributed by atoms with Crippen LogP contribution < -0.4 is 5.32 Å². The summed E-state index contributed by atoms with van der Waals surface area (Å²) in [4.78, 5) is 2.73. The van der Waals surface area contributed by atoms with Gasteiger partial charge in [-0.3, -0.25) is 0 Å². The second kappa shape index (κ2) is 7.05. The van der Waals surface area contributed by atoms with Crippen LogP contribution in [0.5, 0.6) is 0 Å². The van der Waals surface area contributed by atoms with Crippen LogP contribution in [0.25, 0.3) is 0 Å². The summed E-state index contributed by atoms with van der Waals surface area (Å²) in [6, 6.07) is 1.59. The van der Waals surface area contributed by atoms with Crippen molar-refractivity contribution in [3.05, 3.63) is 0 Å². The maximum absolute atomic E-state index is 9.06. The van der Waals surface area contributed by atoms with E-state index in [0.29, 0.717) is 12.6 Å². The lowest BCUT2D eigenvalue weighted by Gasteiger charge is -2.37. The summed E-state index contributed by atoms with van der Waals surface area (Å²) in [5, 5.41) is 12.8. The van der Waals surface area contributed by atoms with Crippen LogP contribution in [0.4, 0.5) is 0 Å². The topological polar surface area (TPSA) is 35.5 Å². The zero-order valence-electron chi connectivity index (χ0n) is 12.8. The Bertz CT molecular complexity index is 253. The average Bonchev–Trinajstić information content (AvgIpc) is 2.91. The molecule has 1 saturated carbocycles. The molecule has 2 rings (SSSR count). The molecule has 1 saturated heterocycles. The molecule has 0 aromatic carbocycles. The monoisotopic (exact) mass is 268 g/mol. The van der Waals surface area contributed by atoms with Crippen molar-refractivity contribution in [3.8, 4) is 0 Å². The molecule has 0 bridgehead atoms. The Hall–Kier alpha value is -0.120. The zero-order chi connectivity index (χ0) is 13.7. The molecule has 0 radical (unpaired) electrons. The van der Waals surface area contributed by atoms with E-state index in [0.717, 1.165) is 19.0 Å². The third-order valence-electron chi connectivity index (χ3n) is 5.03. The van der Waals surface area contributed by atoms with Gasteiger partial charge in [-0.25, -0.2) is 0 Å². The first-order valence-corrected chi connectivity index (χ1v) is 8.19. The van der Waals surface area contributed by atoms with Gasteiger partial charge in [0.2, 0.25) is 0 Å². The van der Waals surface area contributed by atoms with E-state index < -0.39 is 0 Å². The fraction of sp³-hybridized carbons (Fsp3) is 1.00. The summed E-state index contributed by atoms with van der Waals surface area (Å²) in [6.45, 7) is 8.37. The third kappa shape index (κ3) is 4.73. The molecular weight excluding hydrogens is 236 g/mol. The largest absolute Gasteiger partial charge is 0.396 e. The summed E-state index contributed by atoms with van der Waals surface area (Å²) in [7, 11) is 0. The molecule has 0 amide bonds. The van der Waals surface area contributed by atoms with Crippen LogP contribution in [0.2, 0.25) is 0 Å². The molecule has 0 spiro atoms. The summed E-state index contributed by atoms with van der Waals surface area (Å²) >= 11 is 0. The van der Waals surface area contributed by atoms with E-state index in [4.69, 9.17) is 5.11 Å². The van der Waals surface area contributed by atoms with Gasteiger partial charge in [0.25, 0.3) is 0 Å². The van der Waals surface area contributed by atoms with Crippen molar-refractivity contribution in [2.45, 2.75) is 70.9 Å². The summed E-state index contributed by atoms with van der Waals surface area (Å²) in [6.07, 6.45) is 9.23. The predicted octanol–water partition coefficient (Wildman–Crippen LogP) is 2.39. The normalized spacial score (nSPS) is 24.2. The van der Waals surface area contributed by atoms with Gasteiger partial charge in [-0.05, 0) is 50.6 Å². The lowest BCUT2D eigenvalue weighted by molar-refractivity contribution is 0.136. The zero-order valence-corrected chi connectivity index (χ0v) is 12.8. The molecule has 1 aliphatic heterocycles. The lowest BCUT2D eigenvalue weighted by atomic mass is 9.89. The molecule has 0 atom stereocenters. The molecule has 0 aromatic rings. The van der Waals surface area contributed by atoms with Gasteiger partial charge in [0.1, 0.15) is 0 Å². The van der Waals surface area contributed by atoms with Crippen molar-refractivity contribution < 1.29 is 5.11 Å². The minimum atomic E-state index is 0.220. The minimum absolute atomic E-state index is 0.220. The summed E-state index contributed by atoms with van der Waals surface area (Å²) in [5.74, 6) is 0. The first kappa shape index (κ1) is 15.3. The van der Waals surface area contributed by atoms with Crippen LogP contribution in [0.1, 0.15) is 58.8 Å². The maximum Gasteiger partial charge on any atom is 0.0436 e. The van der Waals surface area contributed by atoms with Crippen LogP contribution in [-0.4, -0.2) is 48.3 Å². The minimum Gasteiger partial charge on any atom is -0.396 e. The standard InChI is InChI=1S/C16H32N2O/c1-16(2,9-12-19)13-17-14-7-10-18(11-8-14)15-5-3-4-6-15/h14-15,17,19H,3-13H2,1-2H3. The van der Waals surface area contributed by atoms with Gasteiger partial charge in [0.15, 0.2) is 0 Å². The number of hydrogen-bond donors (Lipinski definition) is 2. The van der Waals surface area contributed by atoms with Gasteiger partial charge in [-0.2, -0.15) is 0 Å². The van der Waals surface area contributed by atoms with E-state index in [9.17, 15) is 0 Å². The Labute approximate surface area is 118 Å². The number of rotatable bonds is 6. The molecule has 1 aliphatic carbocycles. The Morgan fingerprint density at radius 2 is 1.74 bits per heavy atom. The molecule has 1 heterocycles. The molecule has 19 heavy (non-hydrogen) atoms. The molecule has 3 heteroatoms. The van der Waals surface area contributed by atoms with Crippen molar-refractivity contribution in [1.29, 1.82) is 0 Å². The average molecular weight is 268 g/mol. The second-order valence-corrected chi connectivity index (χ2v) is 7.27. The number of piperidine rings is 1. The van der Waals surface area contributed by atoms with E-state index in [1.54, 1.807) is 0 Å². The molecule has 0 aromatic heterocycles. The van der Waals surface area contributed by atoms with Gasteiger partial charge < -0.3 is 15.3 Å². The van der Waals surface area contributed by atoms with Crippen molar-refractivity contribution in [3.63, 3.8) is 0 Å². The Morgan fingerprint density at radius 3 is 2.32 bits per heavy atom. The number of aliphatic hydroxyl groups is 1. The van der Waals surface area contributed by atoms with E-state index in [1.165, 1.54) is 51.6 Å². The van der Waals surface area contributed by atoms with Crippen molar-refractivity contribution >= 4 is 0 Å². The summed E-state index contributed by atoms with van der Waals surface area (Å²) in [5.41, 5.74) is 0.220. The van der Waals surface area contributed by atoms with Crippen molar-refractivity contribution in [1.82, 2.24) is 10.2 Å². The molecular formula is C16H32N2O. The van der Waals surface area contributed by atoms with Crippen LogP contribution in [0, 0.1) is 5.41 Å². The first-order valence-electron chi connectivity index (χ1n) is 8.19. The smallest absolute Gasteiger partial charge is 0.0436 e. The lowest BCUT2D eigenvalue weighted by Crippen LogP contribution is -2.47. The number of aliphatic hydroxyl groups excluding tert-OH is 1. The van der Waals surface area contributed by atoms with Gasteiger partial charge in [0, 0.05) is 25.2 Å².